The molecule has 162 valence electrons. The van der Waals surface area contributed by atoms with Crippen LogP contribution in [0.3, 0.4) is 0 Å². The normalized spacial score (nSPS) is 11.3. The molecule has 32 heavy (non-hydrogen) atoms. The summed E-state index contributed by atoms with van der Waals surface area (Å²) in [5.74, 6) is -0.418. The number of aryl methyl sites for hydroxylation is 2. The highest BCUT2D eigenvalue weighted by Gasteiger charge is 2.27. The summed E-state index contributed by atoms with van der Waals surface area (Å²) in [5, 5.41) is 4.78. The minimum atomic E-state index is -3.94. The van der Waals surface area contributed by atoms with E-state index >= 15 is 0 Å². The van der Waals surface area contributed by atoms with E-state index < -0.39 is 15.9 Å². The maximum absolute atomic E-state index is 13.5. The van der Waals surface area contributed by atoms with E-state index in [-0.39, 0.29) is 11.4 Å². The fraction of sp³-hybridized carbons (Fsp3) is 0.115. The minimum Gasteiger partial charge on any atom is -0.324 e. The Labute approximate surface area is 188 Å². The van der Waals surface area contributed by atoms with Gasteiger partial charge in [0.25, 0.3) is 10.0 Å². The molecule has 4 aromatic rings. The van der Waals surface area contributed by atoms with Crippen molar-refractivity contribution in [1.29, 1.82) is 0 Å². The molecule has 0 heterocycles. The molecule has 0 saturated heterocycles. The molecular weight excluding hydrogens is 420 g/mol. The first-order chi connectivity index (χ1) is 15.4. The van der Waals surface area contributed by atoms with Gasteiger partial charge in [-0.05, 0) is 60.7 Å². The SMILES string of the molecule is Cc1ccc(N(CC(=O)Nc2cccc3ccccc23)S(=O)(=O)c2ccccc2)cc1C. The smallest absolute Gasteiger partial charge is 0.264 e. The fourth-order valence-corrected chi connectivity index (χ4v) is 5.00. The Morgan fingerprint density at radius 3 is 2.25 bits per heavy atom. The van der Waals surface area contributed by atoms with E-state index in [0.717, 1.165) is 26.2 Å². The molecule has 0 radical (unpaired) electrons. The third-order valence-corrected chi connectivity index (χ3v) is 7.25. The van der Waals surface area contributed by atoms with Crippen LogP contribution in [0.1, 0.15) is 11.1 Å². The van der Waals surface area contributed by atoms with Gasteiger partial charge < -0.3 is 5.32 Å². The Hall–Kier alpha value is -3.64. The van der Waals surface area contributed by atoms with Crippen LogP contribution >= 0.6 is 0 Å². The van der Waals surface area contributed by atoms with Crippen LogP contribution in [-0.4, -0.2) is 20.9 Å². The molecule has 0 fully saturated rings. The van der Waals surface area contributed by atoms with Crippen LogP contribution in [0.5, 0.6) is 0 Å². The van der Waals surface area contributed by atoms with Gasteiger partial charge in [-0.1, -0.05) is 60.7 Å². The van der Waals surface area contributed by atoms with Crippen LogP contribution in [0.4, 0.5) is 11.4 Å². The van der Waals surface area contributed by atoms with Gasteiger partial charge in [0, 0.05) is 11.1 Å². The van der Waals surface area contributed by atoms with Gasteiger partial charge in [0.1, 0.15) is 6.54 Å². The third-order valence-electron chi connectivity index (χ3n) is 5.46. The maximum Gasteiger partial charge on any atom is 0.264 e. The number of rotatable bonds is 6. The second-order valence-electron chi connectivity index (χ2n) is 7.67. The number of sulfonamides is 1. The van der Waals surface area contributed by atoms with E-state index in [1.165, 1.54) is 12.1 Å². The summed E-state index contributed by atoms with van der Waals surface area (Å²) in [6.45, 7) is 3.54. The summed E-state index contributed by atoms with van der Waals surface area (Å²) >= 11 is 0. The standard InChI is InChI=1S/C26H24N2O3S/c1-19-15-16-22(17-20(19)2)28(32(30,31)23-11-4-3-5-12-23)18-26(29)27-25-14-8-10-21-9-6-7-13-24(21)25/h3-17H,18H2,1-2H3,(H,27,29). The van der Waals surface area contributed by atoms with Crippen molar-refractivity contribution in [2.24, 2.45) is 0 Å². The molecular formula is C26H24N2O3S. The van der Waals surface area contributed by atoms with Crippen molar-refractivity contribution in [3.63, 3.8) is 0 Å². The highest BCUT2D eigenvalue weighted by atomic mass is 32.2. The fourth-order valence-electron chi connectivity index (χ4n) is 3.57. The third kappa shape index (κ3) is 4.36. The Morgan fingerprint density at radius 1 is 0.812 bits per heavy atom. The second-order valence-corrected chi connectivity index (χ2v) is 9.53. The van der Waals surface area contributed by atoms with Gasteiger partial charge in [-0.25, -0.2) is 8.42 Å². The lowest BCUT2D eigenvalue weighted by molar-refractivity contribution is -0.114. The van der Waals surface area contributed by atoms with Crippen LogP contribution in [-0.2, 0) is 14.8 Å². The van der Waals surface area contributed by atoms with Crippen molar-refractivity contribution in [2.75, 3.05) is 16.2 Å². The van der Waals surface area contributed by atoms with Gasteiger partial charge >= 0.3 is 0 Å². The summed E-state index contributed by atoms with van der Waals surface area (Å²) in [4.78, 5) is 13.2. The summed E-state index contributed by atoms with van der Waals surface area (Å²) in [7, 11) is -3.94. The van der Waals surface area contributed by atoms with E-state index in [0.29, 0.717) is 11.4 Å². The van der Waals surface area contributed by atoms with Crippen LogP contribution in [0.2, 0.25) is 0 Å². The number of benzene rings is 4. The van der Waals surface area contributed by atoms with Crippen molar-refractivity contribution >= 4 is 38.1 Å². The zero-order valence-corrected chi connectivity index (χ0v) is 18.8. The van der Waals surface area contributed by atoms with Crippen LogP contribution < -0.4 is 9.62 Å². The number of anilines is 2. The molecule has 0 aliphatic carbocycles. The Kier molecular flexibility index (Phi) is 5.97. The van der Waals surface area contributed by atoms with Crippen LogP contribution in [0, 0.1) is 13.8 Å². The summed E-state index contributed by atoms with van der Waals surface area (Å²) in [6.07, 6.45) is 0. The average Bonchev–Trinajstić information content (AvgIpc) is 2.80. The lowest BCUT2D eigenvalue weighted by Crippen LogP contribution is -2.38. The molecule has 1 amide bonds. The highest BCUT2D eigenvalue weighted by Crippen LogP contribution is 2.27. The first-order valence-electron chi connectivity index (χ1n) is 10.3. The molecule has 0 spiro atoms. The molecule has 0 aromatic heterocycles. The predicted octanol–water partition coefficient (Wildman–Crippen LogP) is 5.29. The van der Waals surface area contributed by atoms with Crippen LogP contribution in [0.25, 0.3) is 10.8 Å². The highest BCUT2D eigenvalue weighted by molar-refractivity contribution is 7.92. The Morgan fingerprint density at radius 2 is 1.50 bits per heavy atom. The summed E-state index contributed by atoms with van der Waals surface area (Å²) in [5.41, 5.74) is 3.09. The number of fused-ring (bicyclic) bond motifs is 1. The molecule has 0 unspecified atom stereocenters. The molecule has 4 aromatic carbocycles. The topological polar surface area (TPSA) is 66.5 Å². The number of hydrogen-bond donors (Lipinski definition) is 1. The zero-order valence-electron chi connectivity index (χ0n) is 17.9. The molecule has 1 N–H and O–H groups in total. The van der Waals surface area contributed by atoms with Gasteiger partial charge in [0.15, 0.2) is 0 Å². The molecule has 0 bridgehead atoms. The van der Waals surface area contributed by atoms with Crippen molar-refractivity contribution < 1.29 is 13.2 Å². The number of hydrogen-bond acceptors (Lipinski definition) is 3. The van der Waals surface area contributed by atoms with Gasteiger partial charge in [-0.3, -0.25) is 9.10 Å². The average molecular weight is 445 g/mol. The maximum atomic E-state index is 13.5. The zero-order chi connectivity index (χ0) is 22.7. The van der Waals surface area contributed by atoms with Gasteiger partial charge in [-0.2, -0.15) is 0 Å². The Balaban J connectivity index is 1.70. The van der Waals surface area contributed by atoms with Gasteiger partial charge in [0.2, 0.25) is 5.91 Å². The lowest BCUT2D eigenvalue weighted by atomic mass is 10.1. The van der Waals surface area contributed by atoms with E-state index in [4.69, 9.17) is 0 Å². The molecule has 0 aliphatic rings. The van der Waals surface area contributed by atoms with Crippen molar-refractivity contribution in [3.8, 4) is 0 Å². The molecule has 6 heteroatoms. The first kappa shape index (κ1) is 21.6. The largest absolute Gasteiger partial charge is 0.324 e. The van der Waals surface area contributed by atoms with Crippen molar-refractivity contribution in [2.45, 2.75) is 18.7 Å². The number of nitrogens with zero attached hydrogens (tertiary/aromatic N) is 1. The molecule has 5 nitrogen and oxygen atoms in total. The van der Waals surface area contributed by atoms with Gasteiger partial charge in [-0.15, -0.1) is 0 Å². The predicted molar refractivity (Wildman–Crippen MR) is 129 cm³/mol. The van der Waals surface area contributed by atoms with Gasteiger partial charge in [0.05, 0.1) is 10.6 Å². The molecule has 4 rings (SSSR count). The summed E-state index contributed by atoms with van der Waals surface area (Å²) < 4.78 is 28.1. The van der Waals surface area contributed by atoms with Crippen molar-refractivity contribution in [1.82, 2.24) is 0 Å². The monoisotopic (exact) mass is 444 g/mol. The van der Waals surface area contributed by atoms with Crippen molar-refractivity contribution in [3.05, 3.63) is 102 Å². The summed E-state index contributed by atoms with van der Waals surface area (Å²) in [6, 6.07) is 26.9. The van der Waals surface area contributed by atoms with E-state index in [1.807, 2.05) is 62.4 Å². The number of nitrogens with one attached hydrogen (secondary N) is 1. The van der Waals surface area contributed by atoms with Crippen LogP contribution in [0.15, 0.2) is 95.9 Å². The lowest BCUT2D eigenvalue weighted by Gasteiger charge is -2.25. The molecule has 0 atom stereocenters. The van der Waals surface area contributed by atoms with E-state index in [1.54, 1.807) is 30.3 Å². The Bertz CT molecular complexity index is 1380. The molecule has 0 saturated carbocycles. The number of carbonyl (C=O) groups is 1. The van der Waals surface area contributed by atoms with E-state index in [2.05, 4.69) is 5.32 Å². The molecule has 0 aliphatic heterocycles. The quantitative estimate of drug-likeness (QED) is 0.439. The number of amides is 1. The minimum absolute atomic E-state index is 0.135. The first-order valence-corrected chi connectivity index (χ1v) is 11.7. The van der Waals surface area contributed by atoms with E-state index in [9.17, 15) is 13.2 Å². The number of carbonyl (C=O) groups excluding carboxylic acids is 1. The second kappa shape index (κ2) is 8.85.